The molecule has 7 heteroatoms. The zero-order valence-corrected chi connectivity index (χ0v) is 13.2. The number of halogens is 3. The highest BCUT2D eigenvalue weighted by molar-refractivity contribution is 5.94. The van der Waals surface area contributed by atoms with Gasteiger partial charge < -0.3 is 14.7 Å². The first-order valence-corrected chi connectivity index (χ1v) is 8.12. The molecule has 0 unspecified atom stereocenters. The first kappa shape index (κ1) is 17.1. The lowest BCUT2D eigenvalue weighted by Crippen LogP contribution is -2.49. The Labute approximate surface area is 138 Å². The summed E-state index contributed by atoms with van der Waals surface area (Å²) >= 11 is 0. The number of alkyl halides is 3. The minimum absolute atomic E-state index is 0.168. The number of hydrogen-bond donors (Lipinski definition) is 1. The van der Waals surface area contributed by atoms with Crippen LogP contribution in [0.4, 0.5) is 13.2 Å². The summed E-state index contributed by atoms with van der Waals surface area (Å²) in [6.45, 7) is 1.01. The predicted molar refractivity (Wildman–Crippen MR) is 80.6 cm³/mol. The van der Waals surface area contributed by atoms with Gasteiger partial charge in [0, 0.05) is 24.1 Å². The maximum atomic E-state index is 12.7. The zero-order chi connectivity index (χ0) is 17.4. The van der Waals surface area contributed by atoms with Crippen LogP contribution in [-0.4, -0.2) is 41.5 Å². The van der Waals surface area contributed by atoms with Crippen LogP contribution in [0.1, 0.15) is 42.5 Å². The van der Waals surface area contributed by atoms with Crippen LogP contribution in [0.25, 0.3) is 0 Å². The number of carbonyl (C=O) groups is 1. The number of ether oxygens (including phenoxy) is 1. The minimum Gasteiger partial charge on any atom is -0.406 e. The van der Waals surface area contributed by atoms with E-state index in [1.807, 2.05) is 0 Å². The zero-order valence-electron chi connectivity index (χ0n) is 13.2. The molecule has 1 N–H and O–H groups in total. The van der Waals surface area contributed by atoms with E-state index in [4.69, 9.17) is 0 Å². The Morgan fingerprint density at radius 3 is 2.71 bits per heavy atom. The van der Waals surface area contributed by atoms with Crippen molar-refractivity contribution in [1.82, 2.24) is 4.90 Å². The van der Waals surface area contributed by atoms with E-state index in [2.05, 4.69) is 4.74 Å². The fourth-order valence-electron chi connectivity index (χ4n) is 3.94. The molecule has 0 aromatic heterocycles. The van der Waals surface area contributed by atoms with Gasteiger partial charge in [0.1, 0.15) is 5.75 Å². The first-order chi connectivity index (χ1) is 11.3. The Balaban J connectivity index is 1.75. The average Bonchev–Trinajstić information content (AvgIpc) is 2.85. The Morgan fingerprint density at radius 1 is 1.29 bits per heavy atom. The van der Waals surface area contributed by atoms with Crippen molar-refractivity contribution in [2.45, 2.75) is 44.6 Å². The highest BCUT2D eigenvalue weighted by Gasteiger charge is 2.45. The third-order valence-electron chi connectivity index (χ3n) is 5.07. The van der Waals surface area contributed by atoms with Crippen LogP contribution in [0.3, 0.4) is 0 Å². The molecule has 2 aliphatic rings. The highest BCUT2D eigenvalue weighted by atomic mass is 19.4. The number of aliphatic hydroxyl groups is 1. The summed E-state index contributed by atoms with van der Waals surface area (Å²) in [4.78, 5) is 14.3. The predicted octanol–water partition coefficient (Wildman–Crippen LogP) is 3.35. The third-order valence-corrected chi connectivity index (χ3v) is 5.07. The van der Waals surface area contributed by atoms with Crippen molar-refractivity contribution in [2.24, 2.45) is 5.41 Å². The molecule has 1 aromatic rings. The van der Waals surface area contributed by atoms with Crippen molar-refractivity contribution in [3.05, 3.63) is 29.8 Å². The number of rotatable bonds is 2. The van der Waals surface area contributed by atoms with Crippen molar-refractivity contribution in [3.8, 4) is 5.75 Å². The average molecular weight is 343 g/mol. The quantitative estimate of drug-likeness (QED) is 0.896. The number of likely N-dealkylation sites (tertiary alicyclic amines) is 1. The van der Waals surface area contributed by atoms with Gasteiger partial charge >= 0.3 is 6.36 Å². The Kier molecular flexibility index (Phi) is 4.46. The molecule has 2 atom stereocenters. The second-order valence-corrected chi connectivity index (χ2v) is 6.68. The van der Waals surface area contributed by atoms with Crippen molar-refractivity contribution >= 4 is 5.91 Å². The summed E-state index contributed by atoms with van der Waals surface area (Å²) < 4.78 is 40.9. The van der Waals surface area contributed by atoms with Crippen LogP contribution >= 0.6 is 0 Å². The van der Waals surface area contributed by atoms with Gasteiger partial charge in [-0.2, -0.15) is 0 Å². The Bertz CT molecular complexity index is 619. The molecule has 0 bridgehead atoms. The Morgan fingerprint density at radius 2 is 2.04 bits per heavy atom. The van der Waals surface area contributed by atoms with Crippen LogP contribution in [0.2, 0.25) is 0 Å². The third kappa shape index (κ3) is 3.50. The second-order valence-electron chi connectivity index (χ2n) is 6.68. The molecule has 3 rings (SSSR count). The van der Waals surface area contributed by atoms with Crippen molar-refractivity contribution in [2.75, 3.05) is 13.1 Å². The highest BCUT2D eigenvalue weighted by Crippen LogP contribution is 2.45. The van der Waals surface area contributed by atoms with Crippen molar-refractivity contribution in [1.29, 1.82) is 0 Å². The maximum Gasteiger partial charge on any atom is 0.573 e. The molecule has 4 nitrogen and oxygen atoms in total. The lowest BCUT2D eigenvalue weighted by molar-refractivity contribution is -0.274. The number of aliphatic hydroxyl groups excluding tert-OH is 1. The van der Waals surface area contributed by atoms with E-state index < -0.39 is 18.2 Å². The lowest BCUT2D eigenvalue weighted by atomic mass is 9.76. The molecule has 1 heterocycles. The van der Waals surface area contributed by atoms with Crippen LogP contribution < -0.4 is 4.74 Å². The molecule has 1 amide bonds. The molecule has 0 radical (unpaired) electrons. The summed E-state index contributed by atoms with van der Waals surface area (Å²) in [5.41, 5.74) is -0.0881. The van der Waals surface area contributed by atoms with Gasteiger partial charge in [-0.1, -0.05) is 12.5 Å². The molecule has 1 aliphatic carbocycles. The van der Waals surface area contributed by atoms with E-state index in [0.29, 0.717) is 13.1 Å². The molecule has 24 heavy (non-hydrogen) atoms. The van der Waals surface area contributed by atoms with E-state index in [9.17, 15) is 23.1 Å². The molecular weight excluding hydrogens is 323 g/mol. The summed E-state index contributed by atoms with van der Waals surface area (Å²) in [7, 11) is 0. The number of hydrogen-bond acceptors (Lipinski definition) is 3. The Hall–Kier alpha value is -1.76. The molecule has 1 saturated heterocycles. The van der Waals surface area contributed by atoms with Crippen LogP contribution in [0.15, 0.2) is 24.3 Å². The standard InChI is InChI=1S/C17H20F3NO3/c18-17(19,20)24-13-5-1-4-12(10-13)15(23)21-9-3-8-16(11-21)7-2-6-14(16)22/h1,4-5,10,14,22H,2-3,6-9,11H2/t14-,16-/m1/s1. The van der Waals surface area contributed by atoms with Crippen molar-refractivity contribution in [3.63, 3.8) is 0 Å². The second kappa shape index (κ2) is 6.27. The molecule has 1 aliphatic heterocycles. The van der Waals surface area contributed by atoms with Gasteiger partial charge in [0.25, 0.3) is 5.91 Å². The van der Waals surface area contributed by atoms with E-state index in [-0.39, 0.29) is 16.9 Å². The van der Waals surface area contributed by atoms with Gasteiger partial charge in [-0.3, -0.25) is 4.79 Å². The van der Waals surface area contributed by atoms with Crippen molar-refractivity contribution < 1.29 is 27.8 Å². The van der Waals surface area contributed by atoms with E-state index in [1.54, 1.807) is 4.90 Å². The normalized spacial score (nSPS) is 27.5. The van der Waals surface area contributed by atoms with E-state index >= 15 is 0 Å². The maximum absolute atomic E-state index is 12.7. The topological polar surface area (TPSA) is 49.8 Å². The van der Waals surface area contributed by atoms with Gasteiger partial charge in [-0.15, -0.1) is 13.2 Å². The van der Waals surface area contributed by atoms with Gasteiger partial charge in [-0.05, 0) is 43.9 Å². The van der Waals surface area contributed by atoms with Gasteiger partial charge in [-0.25, -0.2) is 0 Å². The minimum atomic E-state index is -4.79. The van der Waals surface area contributed by atoms with E-state index in [1.165, 1.54) is 18.2 Å². The monoisotopic (exact) mass is 343 g/mol. The number of benzene rings is 1. The van der Waals surface area contributed by atoms with Crippen LogP contribution in [0.5, 0.6) is 5.75 Å². The SMILES string of the molecule is O=C(c1cccc(OC(F)(F)F)c1)N1CCC[C@]2(CCC[C@H]2O)C1. The lowest BCUT2D eigenvalue weighted by Gasteiger charge is -2.42. The molecule has 1 saturated carbocycles. The first-order valence-electron chi connectivity index (χ1n) is 8.12. The number of nitrogens with zero attached hydrogens (tertiary/aromatic N) is 1. The van der Waals surface area contributed by atoms with Crippen LogP contribution in [-0.2, 0) is 0 Å². The smallest absolute Gasteiger partial charge is 0.406 e. The van der Waals surface area contributed by atoms with Gasteiger partial charge in [0.2, 0.25) is 0 Å². The van der Waals surface area contributed by atoms with Gasteiger partial charge in [0.05, 0.1) is 6.10 Å². The summed E-state index contributed by atoms with van der Waals surface area (Å²) in [5.74, 6) is -0.721. The fraction of sp³-hybridized carbons (Fsp3) is 0.588. The molecule has 132 valence electrons. The number of piperidine rings is 1. The largest absolute Gasteiger partial charge is 0.573 e. The molecule has 1 aromatic carbocycles. The fourth-order valence-corrected chi connectivity index (χ4v) is 3.94. The van der Waals surface area contributed by atoms with Crippen LogP contribution in [0, 0.1) is 5.41 Å². The molecule has 1 spiro atoms. The van der Waals surface area contributed by atoms with E-state index in [0.717, 1.165) is 38.2 Å². The molecule has 2 fully saturated rings. The van der Waals surface area contributed by atoms with Gasteiger partial charge in [0.15, 0.2) is 0 Å². The summed E-state index contributed by atoms with van der Waals surface area (Å²) in [6.07, 6.45) is -0.945. The summed E-state index contributed by atoms with van der Waals surface area (Å²) in [5, 5.41) is 10.3. The molecular formula is C17H20F3NO3. The number of carbonyl (C=O) groups excluding carboxylic acids is 1. The summed E-state index contributed by atoms with van der Waals surface area (Å²) in [6, 6.07) is 5.14. The number of amides is 1.